The molecule has 1 amide bonds. The quantitative estimate of drug-likeness (QED) is 0.749. The number of piperidine rings is 1. The van der Waals surface area contributed by atoms with E-state index in [1.807, 2.05) is 6.92 Å². The van der Waals surface area contributed by atoms with E-state index in [2.05, 4.69) is 0 Å². The second-order valence-electron chi connectivity index (χ2n) is 6.59. The number of hydrogen-bond donors (Lipinski definition) is 0. The van der Waals surface area contributed by atoms with Gasteiger partial charge in [-0.25, -0.2) is 0 Å². The maximum atomic E-state index is 13.1. The molecule has 0 N–H and O–H groups in total. The molecule has 1 saturated heterocycles. The third kappa shape index (κ3) is 4.50. The van der Waals surface area contributed by atoms with Gasteiger partial charge in [0.05, 0.1) is 11.7 Å². The van der Waals surface area contributed by atoms with Crippen LogP contribution in [-0.2, 0) is 10.9 Å². The van der Waals surface area contributed by atoms with Gasteiger partial charge in [0, 0.05) is 25.3 Å². The Morgan fingerprint density at radius 3 is 2.52 bits per heavy atom. The number of amides is 1. The molecule has 3 rings (SSSR count). The summed E-state index contributed by atoms with van der Waals surface area (Å²) in [6.45, 7) is 3.73. The van der Waals surface area contributed by atoms with E-state index < -0.39 is 11.7 Å². The number of carbonyl (C=O) groups is 1. The van der Waals surface area contributed by atoms with Crippen molar-refractivity contribution >= 4 is 5.91 Å². The molecule has 0 aliphatic carbocycles. The minimum atomic E-state index is -4.38. The molecule has 27 heavy (non-hydrogen) atoms. The summed E-state index contributed by atoms with van der Waals surface area (Å²) in [6.07, 6.45) is -2.54. The first kappa shape index (κ1) is 19.4. The van der Waals surface area contributed by atoms with E-state index >= 15 is 0 Å². The monoisotopic (exact) mass is 377 g/mol. The molecule has 1 atom stereocenters. The molecule has 1 aliphatic rings. The van der Waals surface area contributed by atoms with Gasteiger partial charge in [-0.2, -0.15) is 13.2 Å². The number of alkyl halides is 3. The van der Waals surface area contributed by atoms with Crippen LogP contribution in [0, 0.1) is 0 Å². The third-order valence-electron chi connectivity index (χ3n) is 4.75. The van der Waals surface area contributed by atoms with Crippen LogP contribution in [0.2, 0.25) is 0 Å². The Hall–Kier alpha value is -2.34. The smallest absolute Gasteiger partial charge is 0.377 e. The van der Waals surface area contributed by atoms with E-state index in [0.717, 1.165) is 25.0 Å². The standard InChI is InChI=1S/C21H22F3NO2/c1-2-27-17-6-5-13-25(14-17)20(26)19-8-4-3-7-18(19)15-9-11-16(12-10-15)21(22,23)24/h3-4,7-12,17H,2,5-6,13-14H2,1H3. The zero-order valence-electron chi connectivity index (χ0n) is 15.1. The van der Waals surface area contributed by atoms with Crippen LogP contribution in [0.25, 0.3) is 11.1 Å². The number of carbonyl (C=O) groups excluding carboxylic acids is 1. The Labute approximate surface area is 156 Å². The molecule has 2 aromatic rings. The summed E-state index contributed by atoms with van der Waals surface area (Å²) >= 11 is 0. The van der Waals surface area contributed by atoms with Gasteiger partial charge in [0.25, 0.3) is 5.91 Å². The minimum Gasteiger partial charge on any atom is -0.377 e. The molecule has 0 radical (unpaired) electrons. The SMILES string of the molecule is CCOC1CCCN(C(=O)c2ccccc2-c2ccc(C(F)(F)F)cc2)C1. The van der Waals surface area contributed by atoms with Crippen LogP contribution in [0.1, 0.15) is 35.7 Å². The second kappa shape index (κ2) is 8.13. The fraction of sp³-hybridized carbons (Fsp3) is 0.381. The highest BCUT2D eigenvalue weighted by molar-refractivity contribution is 6.01. The van der Waals surface area contributed by atoms with Gasteiger partial charge >= 0.3 is 6.18 Å². The third-order valence-corrected chi connectivity index (χ3v) is 4.75. The molecule has 0 saturated carbocycles. The molecule has 1 aliphatic heterocycles. The van der Waals surface area contributed by atoms with E-state index in [-0.39, 0.29) is 12.0 Å². The molecule has 1 heterocycles. The Morgan fingerprint density at radius 1 is 1.15 bits per heavy atom. The van der Waals surface area contributed by atoms with Crippen LogP contribution in [-0.4, -0.2) is 36.6 Å². The predicted molar refractivity (Wildman–Crippen MR) is 97.4 cm³/mol. The van der Waals surface area contributed by atoms with Gasteiger partial charge in [-0.15, -0.1) is 0 Å². The van der Waals surface area contributed by atoms with Gasteiger partial charge < -0.3 is 9.64 Å². The lowest BCUT2D eigenvalue weighted by Crippen LogP contribution is -2.43. The van der Waals surface area contributed by atoms with Crippen LogP contribution in [0.3, 0.4) is 0 Å². The molecule has 1 fully saturated rings. The fourth-order valence-corrected chi connectivity index (χ4v) is 3.42. The van der Waals surface area contributed by atoms with Crippen LogP contribution in [0.4, 0.5) is 13.2 Å². The van der Waals surface area contributed by atoms with Gasteiger partial charge in [-0.05, 0) is 49.1 Å². The molecular weight excluding hydrogens is 355 g/mol. The summed E-state index contributed by atoms with van der Waals surface area (Å²) in [6, 6.07) is 11.9. The molecular formula is C21H22F3NO2. The largest absolute Gasteiger partial charge is 0.416 e. The number of likely N-dealkylation sites (tertiary alicyclic amines) is 1. The number of halogens is 3. The van der Waals surface area contributed by atoms with Crippen molar-refractivity contribution in [1.82, 2.24) is 4.90 Å². The average Bonchev–Trinajstić information content (AvgIpc) is 2.67. The molecule has 1 unspecified atom stereocenters. The molecule has 0 spiro atoms. The normalized spacial score (nSPS) is 17.8. The van der Waals surface area contributed by atoms with Gasteiger partial charge in [-0.3, -0.25) is 4.79 Å². The zero-order chi connectivity index (χ0) is 19.4. The minimum absolute atomic E-state index is 0.0333. The van der Waals surface area contributed by atoms with Crippen molar-refractivity contribution in [2.24, 2.45) is 0 Å². The number of rotatable bonds is 4. The summed E-state index contributed by atoms with van der Waals surface area (Å²) < 4.78 is 44.1. The van der Waals surface area contributed by atoms with E-state index in [9.17, 15) is 18.0 Å². The Morgan fingerprint density at radius 2 is 1.85 bits per heavy atom. The molecule has 3 nitrogen and oxygen atoms in total. The first-order valence-electron chi connectivity index (χ1n) is 9.07. The summed E-state index contributed by atoms with van der Waals surface area (Å²) in [4.78, 5) is 14.8. The van der Waals surface area contributed by atoms with Crippen molar-refractivity contribution in [3.63, 3.8) is 0 Å². The zero-order valence-corrected chi connectivity index (χ0v) is 15.1. The average molecular weight is 377 g/mol. The van der Waals surface area contributed by atoms with Gasteiger partial charge in [0.15, 0.2) is 0 Å². The van der Waals surface area contributed by atoms with Crippen molar-refractivity contribution in [2.45, 2.75) is 32.0 Å². The van der Waals surface area contributed by atoms with Crippen molar-refractivity contribution in [3.05, 3.63) is 59.7 Å². The van der Waals surface area contributed by atoms with Crippen LogP contribution in [0.15, 0.2) is 48.5 Å². The maximum Gasteiger partial charge on any atom is 0.416 e. The van der Waals surface area contributed by atoms with Gasteiger partial charge in [0.2, 0.25) is 0 Å². The fourth-order valence-electron chi connectivity index (χ4n) is 3.42. The van der Waals surface area contributed by atoms with Crippen LogP contribution >= 0.6 is 0 Å². The number of hydrogen-bond acceptors (Lipinski definition) is 2. The lowest BCUT2D eigenvalue weighted by Gasteiger charge is -2.33. The van der Waals surface area contributed by atoms with Gasteiger partial charge in [0.1, 0.15) is 0 Å². The lowest BCUT2D eigenvalue weighted by molar-refractivity contribution is -0.137. The predicted octanol–water partition coefficient (Wildman–Crippen LogP) is 5.01. The van der Waals surface area contributed by atoms with Crippen LogP contribution < -0.4 is 0 Å². The number of benzene rings is 2. The summed E-state index contributed by atoms with van der Waals surface area (Å²) in [5, 5.41) is 0. The van der Waals surface area contributed by atoms with E-state index in [0.29, 0.717) is 36.4 Å². The summed E-state index contributed by atoms with van der Waals surface area (Å²) in [7, 11) is 0. The highest BCUT2D eigenvalue weighted by Gasteiger charge is 2.30. The van der Waals surface area contributed by atoms with Crippen molar-refractivity contribution in [1.29, 1.82) is 0 Å². The molecule has 2 aromatic carbocycles. The second-order valence-corrected chi connectivity index (χ2v) is 6.59. The van der Waals surface area contributed by atoms with Gasteiger partial charge in [-0.1, -0.05) is 30.3 Å². The first-order valence-corrected chi connectivity index (χ1v) is 9.07. The van der Waals surface area contributed by atoms with E-state index in [1.54, 1.807) is 29.2 Å². The molecule has 0 aromatic heterocycles. The lowest BCUT2D eigenvalue weighted by atomic mass is 9.97. The van der Waals surface area contributed by atoms with Crippen molar-refractivity contribution < 1.29 is 22.7 Å². The molecule has 6 heteroatoms. The molecule has 0 bridgehead atoms. The Bertz CT molecular complexity index is 785. The highest BCUT2D eigenvalue weighted by Crippen LogP contribution is 2.32. The molecule has 144 valence electrons. The topological polar surface area (TPSA) is 29.5 Å². The first-order chi connectivity index (χ1) is 12.9. The van der Waals surface area contributed by atoms with Crippen molar-refractivity contribution in [3.8, 4) is 11.1 Å². The Balaban J connectivity index is 1.86. The number of ether oxygens (including phenoxy) is 1. The Kier molecular flexibility index (Phi) is 5.85. The maximum absolute atomic E-state index is 13.1. The van der Waals surface area contributed by atoms with Crippen molar-refractivity contribution in [2.75, 3.05) is 19.7 Å². The summed E-state index contributed by atoms with van der Waals surface area (Å²) in [5.74, 6) is -0.116. The summed E-state index contributed by atoms with van der Waals surface area (Å²) in [5.41, 5.74) is 1.01. The van der Waals surface area contributed by atoms with E-state index in [1.165, 1.54) is 12.1 Å². The number of nitrogens with zero attached hydrogens (tertiary/aromatic N) is 1. The van der Waals surface area contributed by atoms with E-state index in [4.69, 9.17) is 4.74 Å². The van der Waals surface area contributed by atoms with Crippen LogP contribution in [0.5, 0.6) is 0 Å². The highest BCUT2D eigenvalue weighted by atomic mass is 19.4.